The molecule has 2 aromatic carbocycles. The number of nitrogens with zero attached hydrogens (tertiary/aromatic N) is 3. The Morgan fingerprint density at radius 3 is 2.77 bits per heavy atom. The van der Waals surface area contributed by atoms with Crippen molar-refractivity contribution in [1.82, 2.24) is 15.0 Å². The second kappa shape index (κ2) is 8.98. The summed E-state index contributed by atoms with van der Waals surface area (Å²) in [6, 6.07) is 14.8. The van der Waals surface area contributed by atoms with Gasteiger partial charge in [0.05, 0.1) is 12.7 Å². The Labute approximate surface area is 175 Å². The predicted octanol–water partition coefficient (Wildman–Crippen LogP) is 4.05. The van der Waals surface area contributed by atoms with E-state index in [0.717, 1.165) is 30.8 Å². The molecule has 7 heteroatoms. The molecule has 4 rings (SSSR count). The lowest BCUT2D eigenvalue weighted by atomic mass is 10.0. The normalized spacial score (nSPS) is 16.3. The fourth-order valence-corrected chi connectivity index (χ4v) is 3.61. The van der Waals surface area contributed by atoms with Gasteiger partial charge in [-0.25, -0.2) is 0 Å². The van der Waals surface area contributed by atoms with E-state index < -0.39 is 0 Å². The third-order valence-electron chi connectivity index (χ3n) is 5.25. The van der Waals surface area contributed by atoms with Crippen LogP contribution in [0.4, 0.5) is 0 Å². The first-order valence-corrected chi connectivity index (χ1v) is 10.1. The topological polar surface area (TPSA) is 77.7 Å². The van der Waals surface area contributed by atoms with Crippen LogP contribution in [0.2, 0.25) is 0 Å². The first kappa shape index (κ1) is 19.9. The van der Waals surface area contributed by atoms with Crippen molar-refractivity contribution in [1.29, 1.82) is 0 Å². The van der Waals surface area contributed by atoms with Crippen molar-refractivity contribution in [3.63, 3.8) is 0 Å². The average Bonchev–Trinajstić information content (AvgIpc) is 3.28. The summed E-state index contributed by atoms with van der Waals surface area (Å²) in [7, 11) is 1.62. The van der Waals surface area contributed by atoms with Gasteiger partial charge in [-0.2, -0.15) is 4.98 Å². The first-order chi connectivity index (χ1) is 14.6. The third-order valence-corrected chi connectivity index (χ3v) is 5.25. The number of carbonyl (C=O) groups excluding carboxylic acids is 1. The Kier molecular flexibility index (Phi) is 5.97. The van der Waals surface area contributed by atoms with Crippen molar-refractivity contribution in [2.24, 2.45) is 5.92 Å². The number of hydrogen-bond donors (Lipinski definition) is 0. The van der Waals surface area contributed by atoms with Crippen LogP contribution in [-0.2, 0) is 4.79 Å². The summed E-state index contributed by atoms with van der Waals surface area (Å²) in [5, 5.41) is 4.10. The molecule has 2 heterocycles. The minimum Gasteiger partial charge on any atom is -0.497 e. The lowest BCUT2D eigenvalue weighted by Crippen LogP contribution is -2.41. The monoisotopic (exact) mass is 407 g/mol. The Hall–Kier alpha value is -3.35. The predicted molar refractivity (Wildman–Crippen MR) is 112 cm³/mol. The van der Waals surface area contributed by atoms with Crippen LogP contribution in [0.5, 0.6) is 11.5 Å². The number of rotatable bonds is 6. The molecule has 0 bridgehead atoms. The molecule has 0 saturated carbocycles. The Morgan fingerprint density at radius 1 is 1.20 bits per heavy atom. The zero-order valence-corrected chi connectivity index (χ0v) is 17.2. The zero-order chi connectivity index (χ0) is 20.9. The number of piperidine rings is 1. The van der Waals surface area contributed by atoms with E-state index in [0.29, 0.717) is 28.9 Å². The largest absolute Gasteiger partial charge is 0.497 e. The summed E-state index contributed by atoms with van der Waals surface area (Å²) in [4.78, 5) is 18.9. The second-order valence-electron chi connectivity index (χ2n) is 7.52. The molecule has 1 fully saturated rings. The average molecular weight is 407 g/mol. The van der Waals surface area contributed by atoms with Gasteiger partial charge in [-0.1, -0.05) is 24.2 Å². The van der Waals surface area contributed by atoms with Gasteiger partial charge in [-0.15, -0.1) is 0 Å². The number of likely N-dealkylation sites (tertiary alicyclic amines) is 1. The molecule has 3 aromatic rings. The summed E-state index contributed by atoms with van der Waals surface area (Å²) in [5.41, 5.74) is 1.48. The highest BCUT2D eigenvalue weighted by atomic mass is 16.5. The van der Waals surface area contributed by atoms with E-state index in [-0.39, 0.29) is 12.5 Å². The number of hydrogen-bond acceptors (Lipinski definition) is 6. The van der Waals surface area contributed by atoms with Crippen LogP contribution >= 0.6 is 0 Å². The van der Waals surface area contributed by atoms with Crippen molar-refractivity contribution in [3.05, 3.63) is 48.5 Å². The SMILES string of the molecule is COc1ccc(-c2nc(-c3ccccc3OCC(=O)N3CCC[C@@H](C)C3)no2)cc1. The van der Waals surface area contributed by atoms with Crippen molar-refractivity contribution in [2.75, 3.05) is 26.8 Å². The molecular weight excluding hydrogens is 382 g/mol. The van der Waals surface area contributed by atoms with Crippen molar-refractivity contribution >= 4 is 5.91 Å². The summed E-state index contributed by atoms with van der Waals surface area (Å²) >= 11 is 0. The van der Waals surface area contributed by atoms with E-state index in [1.165, 1.54) is 6.42 Å². The molecule has 7 nitrogen and oxygen atoms in total. The van der Waals surface area contributed by atoms with E-state index in [2.05, 4.69) is 17.1 Å². The lowest BCUT2D eigenvalue weighted by molar-refractivity contribution is -0.135. The van der Waals surface area contributed by atoms with Crippen LogP contribution in [0, 0.1) is 5.92 Å². The van der Waals surface area contributed by atoms with Crippen LogP contribution in [0.3, 0.4) is 0 Å². The van der Waals surface area contributed by atoms with Crippen LogP contribution in [0.1, 0.15) is 19.8 Å². The summed E-state index contributed by atoms with van der Waals surface area (Å²) < 4.78 is 16.5. The van der Waals surface area contributed by atoms with Crippen LogP contribution in [-0.4, -0.2) is 47.8 Å². The maximum atomic E-state index is 12.5. The molecule has 1 amide bonds. The number of aromatic nitrogens is 2. The number of methoxy groups -OCH3 is 1. The van der Waals surface area contributed by atoms with E-state index >= 15 is 0 Å². The Bertz CT molecular complexity index is 1000. The number of benzene rings is 2. The lowest BCUT2D eigenvalue weighted by Gasteiger charge is -2.30. The number of para-hydroxylation sites is 1. The molecule has 1 aliphatic rings. The fourth-order valence-electron chi connectivity index (χ4n) is 3.61. The molecule has 1 saturated heterocycles. The maximum Gasteiger partial charge on any atom is 0.260 e. The van der Waals surface area contributed by atoms with E-state index in [4.69, 9.17) is 14.0 Å². The number of amides is 1. The maximum absolute atomic E-state index is 12.5. The summed E-state index contributed by atoms with van der Waals surface area (Å²) in [5.74, 6) is 2.66. The molecule has 156 valence electrons. The minimum absolute atomic E-state index is 0.00314. The number of ether oxygens (including phenoxy) is 2. The highest BCUT2D eigenvalue weighted by Crippen LogP contribution is 2.30. The molecule has 1 aromatic heterocycles. The van der Waals surface area contributed by atoms with Gasteiger partial charge in [0.1, 0.15) is 11.5 Å². The molecule has 0 unspecified atom stereocenters. The van der Waals surface area contributed by atoms with Crippen LogP contribution in [0.25, 0.3) is 22.8 Å². The van der Waals surface area contributed by atoms with Crippen molar-refractivity contribution in [3.8, 4) is 34.3 Å². The van der Waals surface area contributed by atoms with Crippen molar-refractivity contribution < 1.29 is 18.8 Å². The second-order valence-corrected chi connectivity index (χ2v) is 7.52. The van der Waals surface area contributed by atoms with Crippen molar-refractivity contribution in [2.45, 2.75) is 19.8 Å². The van der Waals surface area contributed by atoms with Gasteiger partial charge in [0.15, 0.2) is 6.61 Å². The third kappa shape index (κ3) is 4.45. The van der Waals surface area contributed by atoms with E-state index in [1.54, 1.807) is 7.11 Å². The van der Waals surface area contributed by atoms with E-state index in [9.17, 15) is 4.79 Å². The molecule has 0 radical (unpaired) electrons. The van der Waals surface area contributed by atoms with E-state index in [1.807, 2.05) is 53.4 Å². The molecule has 0 N–H and O–H groups in total. The quantitative estimate of drug-likeness (QED) is 0.613. The summed E-state index contributed by atoms with van der Waals surface area (Å²) in [6.07, 6.45) is 2.21. The van der Waals surface area contributed by atoms with Crippen LogP contribution in [0.15, 0.2) is 53.1 Å². The van der Waals surface area contributed by atoms with Gasteiger partial charge in [-0.05, 0) is 55.2 Å². The molecule has 1 atom stereocenters. The summed E-state index contributed by atoms with van der Waals surface area (Å²) in [6.45, 7) is 3.75. The van der Waals surface area contributed by atoms with Gasteiger partial charge in [-0.3, -0.25) is 4.79 Å². The smallest absolute Gasteiger partial charge is 0.260 e. The van der Waals surface area contributed by atoms with Gasteiger partial charge >= 0.3 is 0 Å². The van der Waals surface area contributed by atoms with Gasteiger partial charge in [0.25, 0.3) is 11.8 Å². The molecule has 30 heavy (non-hydrogen) atoms. The Morgan fingerprint density at radius 2 is 2.00 bits per heavy atom. The number of carbonyl (C=O) groups is 1. The Balaban J connectivity index is 1.48. The van der Waals surface area contributed by atoms with Gasteiger partial charge < -0.3 is 18.9 Å². The fraction of sp³-hybridized carbons (Fsp3) is 0.348. The zero-order valence-electron chi connectivity index (χ0n) is 17.2. The van der Waals surface area contributed by atoms with Gasteiger partial charge in [0, 0.05) is 18.7 Å². The molecule has 0 aliphatic carbocycles. The molecule has 0 spiro atoms. The van der Waals surface area contributed by atoms with Crippen LogP contribution < -0.4 is 9.47 Å². The molecular formula is C23H25N3O4. The molecule has 1 aliphatic heterocycles. The standard InChI is InChI=1S/C23H25N3O4/c1-16-6-5-13-26(14-16)21(27)15-29-20-8-4-3-7-19(20)22-24-23(30-25-22)17-9-11-18(28-2)12-10-17/h3-4,7-12,16H,5-6,13-15H2,1-2H3/t16-/m1/s1. The highest BCUT2D eigenvalue weighted by molar-refractivity contribution is 5.78. The van der Waals surface area contributed by atoms with Gasteiger partial charge in [0.2, 0.25) is 5.82 Å². The highest BCUT2D eigenvalue weighted by Gasteiger charge is 2.22. The first-order valence-electron chi connectivity index (χ1n) is 10.1. The minimum atomic E-state index is -0.00702.